The molecule has 0 saturated carbocycles. The summed E-state index contributed by atoms with van der Waals surface area (Å²) in [6, 6.07) is 6.02. The molecule has 0 aromatic heterocycles. The van der Waals surface area contributed by atoms with Crippen LogP contribution in [0.15, 0.2) is 18.2 Å². The first kappa shape index (κ1) is 7.62. The van der Waals surface area contributed by atoms with E-state index in [0.29, 0.717) is 6.61 Å². The summed E-state index contributed by atoms with van der Waals surface area (Å²) < 4.78 is 5.42. The zero-order chi connectivity index (χ0) is 8.55. The van der Waals surface area contributed by atoms with Crippen LogP contribution >= 0.6 is 0 Å². The largest absolute Gasteiger partial charge is 0.490 e. The van der Waals surface area contributed by atoms with Crippen LogP contribution in [0, 0.1) is 6.92 Å². The number of fused-ring (bicyclic) bond motifs is 1. The Morgan fingerprint density at radius 1 is 1.50 bits per heavy atom. The summed E-state index contributed by atoms with van der Waals surface area (Å²) in [6.07, 6.45) is 0.385. The minimum atomic E-state index is -0.334. The molecule has 0 spiro atoms. The highest BCUT2D eigenvalue weighted by Gasteiger charge is 2.18. The van der Waals surface area contributed by atoms with Crippen molar-refractivity contribution in [2.24, 2.45) is 0 Å². The maximum Gasteiger partial charge on any atom is 0.125 e. The monoisotopic (exact) mass is 164 g/mol. The van der Waals surface area contributed by atoms with Crippen molar-refractivity contribution in [1.82, 2.24) is 0 Å². The van der Waals surface area contributed by atoms with Gasteiger partial charge >= 0.3 is 0 Å². The molecule has 1 atom stereocenters. The normalized spacial score (nSPS) is 21.3. The number of rotatable bonds is 0. The van der Waals surface area contributed by atoms with Gasteiger partial charge in [-0.3, -0.25) is 0 Å². The lowest BCUT2D eigenvalue weighted by Gasteiger charge is -2.22. The van der Waals surface area contributed by atoms with E-state index in [1.165, 1.54) is 0 Å². The summed E-state index contributed by atoms with van der Waals surface area (Å²) >= 11 is 0. The Balaban J connectivity index is 2.42. The van der Waals surface area contributed by atoms with Crippen molar-refractivity contribution in [2.45, 2.75) is 19.4 Å². The van der Waals surface area contributed by atoms with Gasteiger partial charge < -0.3 is 9.84 Å². The van der Waals surface area contributed by atoms with E-state index in [1.54, 1.807) is 0 Å². The molecule has 2 rings (SSSR count). The SMILES string of the molecule is Cc1cccc2c1OCC(O)C2. The van der Waals surface area contributed by atoms with Gasteiger partial charge in [0, 0.05) is 6.42 Å². The lowest BCUT2D eigenvalue weighted by molar-refractivity contribution is 0.0916. The fourth-order valence-electron chi connectivity index (χ4n) is 1.57. The Morgan fingerprint density at radius 3 is 3.17 bits per heavy atom. The second kappa shape index (κ2) is 2.79. The summed E-state index contributed by atoms with van der Waals surface area (Å²) in [5, 5.41) is 9.32. The van der Waals surface area contributed by atoms with E-state index in [-0.39, 0.29) is 6.10 Å². The van der Waals surface area contributed by atoms with Gasteiger partial charge in [0.1, 0.15) is 12.4 Å². The molecule has 2 nitrogen and oxygen atoms in total. The van der Waals surface area contributed by atoms with Gasteiger partial charge in [-0.25, -0.2) is 0 Å². The third kappa shape index (κ3) is 1.18. The van der Waals surface area contributed by atoms with E-state index in [9.17, 15) is 5.11 Å². The molecule has 1 aromatic rings. The van der Waals surface area contributed by atoms with Crippen molar-refractivity contribution in [3.05, 3.63) is 29.3 Å². The van der Waals surface area contributed by atoms with Gasteiger partial charge in [0.2, 0.25) is 0 Å². The van der Waals surface area contributed by atoms with E-state index in [2.05, 4.69) is 0 Å². The molecule has 1 N–H and O–H groups in total. The van der Waals surface area contributed by atoms with Crippen molar-refractivity contribution in [2.75, 3.05) is 6.61 Å². The number of aryl methyl sites for hydroxylation is 1. The van der Waals surface area contributed by atoms with Crippen LogP contribution in [-0.4, -0.2) is 17.8 Å². The van der Waals surface area contributed by atoms with Gasteiger partial charge in [0.05, 0.1) is 6.10 Å². The average Bonchev–Trinajstić information content (AvgIpc) is 2.04. The van der Waals surface area contributed by atoms with E-state index in [1.807, 2.05) is 25.1 Å². The molecule has 0 radical (unpaired) electrons. The van der Waals surface area contributed by atoms with E-state index in [4.69, 9.17) is 4.74 Å². The van der Waals surface area contributed by atoms with Crippen LogP contribution in [0.1, 0.15) is 11.1 Å². The molecular formula is C10H12O2. The molecule has 0 bridgehead atoms. The van der Waals surface area contributed by atoms with Crippen LogP contribution in [-0.2, 0) is 6.42 Å². The number of hydrogen-bond donors (Lipinski definition) is 1. The Morgan fingerprint density at radius 2 is 2.33 bits per heavy atom. The Bertz CT molecular complexity index is 294. The molecule has 0 saturated heterocycles. The molecular weight excluding hydrogens is 152 g/mol. The molecule has 1 aliphatic rings. The first-order chi connectivity index (χ1) is 5.77. The first-order valence-electron chi connectivity index (χ1n) is 4.17. The number of aliphatic hydroxyl groups excluding tert-OH is 1. The third-order valence-corrected chi connectivity index (χ3v) is 2.17. The average molecular weight is 164 g/mol. The maximum absolute atomic E-state index is 9.32. The van der Waals surface area contributed by atoms with Crippen LogP contribution in [0.2, 0.25) is 0 Å². The number of ether oxygens (including phenoxy) is 1. The van der Waals surface area contributed by atoms with Crippen LogP contribution in [0.25, 0.3) is 0 Å². The molecule has 1 unspecified atom stereocenters. The van der Waals surface area contributed by atoms with Crippen LogP contribution < -0.4 is 4.74 Å². The molecule has 0 aliphatic carbocycles. The lowest BCUT2D eigenvalue weighted by Crippen LogP contribution is -2.25. The quantitative estimate of drug-likeness (QED) is 0.626. The highest BCUT2D eigenvalue weighted by atomic mass is 16.5. The fraction of sp³-hybridized carbons (Fsp3) is 0.400. The third-order valence-electron chi connectivity index (χ3n) is 2.17. The lowest BCUT2D eigenvalue weighted by atomic mass is 10.0. The Labute approximate surface area is 71.8 Å². The standard InChI is InChI=1S/C10H12O2/c1-7-3-2-4-8-5-9(11)6-12-10(7)8/h2-4,9,11H,5-6H2,1H3. The molecule has 2 heteroatoms. The maximum atomic E-state index is 9.32. The van der Waals surface area contributed by atoms with Crippen molar-refractivity contribution in [3.63, 3.8) is 0 Å². The van der Waals surface area contributed by atoms with Crippen molar-refractivity contribution < 1.29 is 9.84 Å². The summed E-state index contributed by atoms with van der Waals surface area (Å²) in [5.41, 5.74) is 2.27. The van der Waals surface area contributed by atoms with Gasteiger partial charge in [0.25, 0.3) is 0 Å². The van der Waals surface area contributed by atoms with Crippen LogP contribution in [0.5, 0.6) is 5.75 Å². The van der Waals surface area contributed by atoms with E-state index >= 15 is 0 Å². The van der Waals surface area contributed by atoms with Crippen molar-refractivity contribution in [3.8, 4) is 5.75 Å². The summed E-state index contributed by atoms with van der Waals surface area (Å²) in [7, 11) is 0. The first-order valence-corrected chi connectivity index (χ1v) is 4.17. The van der Waals surface area contributed by atoms with Crippen molar-refractivity contribution in [1.29, 1.82) is 0 Å². The Kier molecular flexibility index (Phi) is 1.77. The fourth-order valence-corrected chi connectivity index (χ4v) is 1.57. The molecule has 1 heterocycles. The van der Waals surface area contributed by atoms with E-state index in [0.717, 1.165) is 23.3 Å². The van der Waals surface area contributed by atoms with E-state index < -0.39 is 0 Å². The van der Waals surface area contributed by atoms with Crippen LogP contribution in [0.4, 0.5) is 0 Å². The summed E-state index contributed by atoms with van der Waals surface area (Å²) in [4.78, 5) is 0. The number of benzene rings is 1. The molecule has 0 fully saturated rings. The van der Waals surface area contributed by atoms with Gasteiger partial charge in [-0.05, 0) is 18.1 Å². The second-order valence-corrected chi connectivity index (χ2v) is 3.23. The van der Waals surface area contributed by atoms with Gasteiger partial charge in [-0.2, -0.15) is 0 Å². The molecule has 64 valence electrons. The van der Waals surface area contributed by atoms with Gasteiger partial charge in [0.15, 0.2) is 0 Å². The van der Waals surface area contributed by atoms with Gasteiger partial charge in [-0.15, -0.1) is 0 Å². The zero-order valence-corrected chi connectivity index (χ0v) is 7.08. The smallest absolute Gasteiger partial charge is 0.125 e. The minimum absolute atomic E-state index is 0.334. The topological polar surface area (TPSA) is 29.5 Å². The molecule has 1 aromatic carbocycles. The highest BCUT2D eigenvalue weighted by Crippen LogP contribution is 2.27. The molecule has 0 amide bonds. The van der Waals surface area contributed by atoms with Gasteiger partial charge in [-0.1, -0.05) is 18.2 Å². The molecule has 12 heavy (non-hydrogen) atoms. The summed E-state index contributed by atoms with van der Waals surface area (Å²) in [5.74, 6) is 0.961. The minimum Gasteiger partial charge on any atom is -0.490 e. The van der Waals surface area contributed by atoms with Crippen molar-refractivity contribution >= 4 is 0 Å². The zero-order valence-electron chi connectivity index (χ0n) is 7.08. The highest BCUT2D eigenvalue weighted by molar-refractivity contribution is 5.42. The Hall–Kier alpha value is -1.02. The molecule has 1 aliphatic heterocycles. The number of aliphatic hydroxyl groups is 1. The number of para-hydroxylation sites is 1. The van der Waals surface area contributed by atoms with Crippen LogP contribution in [0.3, 0.4) is 0 Å². The predicted octanol–water partition coefficient (Wildman–Crippen LogP) is 1.29. The predicted molar refractivity (Wildman–Crippen MR) is 46.4 cm³/mol. The summed E-state index contributed by atoms with van der Waals surface area (Å²) in [6.45, 7) is 2.45. The number of hydrogen-bond acceptors (Lipinski definition) is 2. The second-order valence-electron chi connectivity index (χ2n) is 3.23.